The molecule has 0 aromatic heterocycles. The summed E-state index contributed by atoms with van der Waals surface area (Å²) in [5, 5.41) is 2.93. The Balaban J connectivity index is 0.00000101. The van der Waals surface area contributed by atoms with E-state index in [0.717, 1.165) is 23.0 Å². The van der Waals surface area contributed by atoms with Crippen LogP contribution in [0.2, 0.25) is 0 Å². The van der Waals surface area contributed by atoms with Gasteiger partial charge in [-0.25, -0.2) is 0 Å². The lowest BCUT2D eigenvalue weighted by molar-refractivity contribution is -0.125. The van der Waals surface area contributed by atoms with E-state index >= 15 is 0 Å². The molecule has 3 rings (SSSR count). The van der Waals surface area contributed by atoms with Gasteiger partial charge in [-0.2, -0.15) is 0 Å². The Labute approximate surface area is 179 Å². The first-order valence-corrected chi connectivity index (χ1v) is 10.1. The van der Waals surface area contributed by atoms with Crippen LogP contribution in [0, 0.1) is 0 Å². The molecule has 3 aromatic carbocycles. The number of amides is 1. The van der Waals surface area contributed by atoms with Crippen molar-refractivity contribution in [1.29, 1.82) is 0 Å². The van der Waals surface area contributed by atoms with Gasteiger partial charge in [0.15, 0.2) is 0 Å². The molecule has 0 saturated heterocycles. The van der Waals surface area contributed by atoms with E-state index in [0.29, 0.717) is 12.8 Å². The molecule has 0 aliphatic rings. The molecule has 0 saturated carbocycles. The van der Waals surface area contributed by atoms with Gasteiger partial charge in [0.05, 0.1) is 12.0 Å². The number of hydrogen-bond donors (Lipinski definition) is 1. The summed E-state index contributed by atoms with van der Waals surface area (Å²) in [7, 11) is 0. The van der Waals surface area contributed by atoms with Crippen molar-refractivity contribution in [3.8, 4) is 0 Å². The standard InChI is InChI=1S/C24H23NO2.C3H6/c26-18-22(16-19-10-4-1-5-11-19)25-24(27)23(21-14-8-3-9-15-21)17-20-12-6-2-7-13-20;1-3-2/h1-15,18,22-23H,16-17H2,(H,25,27);3H,1H2,2H3/t22-,23?;/m0./s1. The Morgan fingerprint density at radius 3 is 1.73 bits per heavy atom. The molecule has 2 atom stereocenters. The van der Waals surface area contributed by atoms with Crippen LogP contribution >= 0.6 is 0 Å². The van der Waals surface area contributed by atoms with Gasteiger partial charge >= 0.3 is 0 Å². The summed E-state index contributed by atoms with van der Waals surface area (Å²) in [5.41, 5.74) is 3.06. The third-order valence-corrected chi connectivity index (χ3v) is 4.59. The zero-order valence-electron chi connectivity index (χ0n) is 17.4. The van der Waals surface area contributed by atoms with Gasteiger partial charge in [-0.05, 0) is 36.5 Å². The highest BCUT2D eigenvalue weighted by atomic mass is 16.2. The fourth-order valence-electron chi connectivity index (χ4n) is 3.18. The molecule has 1 amide bonds. The molecular formula is C27H29NO2. The predicted octanol–water partition coefficient (Wildman–Crippen LogP) is 5.13. The predicted molar refractivity (Wildman–Crippen MR) is 123 cm³/mol. The van der Waals surface area contributed by atoms with Gasteiger partial charge in [0.2, 0.25) is 5.91 Å². The topological polar surface area (TPSA) is 46.2 Å². The Morgan fingerprint density at radius 1 is 0.833 bits per heavy atom. The van der Waals surface area contributed by atoms with E-state index in [1.807, 2.05) is 97.9 Å². The monoisotopic (exact) mass is 399 g/mol. The van der Waals surface area contributed by atoms with Gasteiger partial charge in [-0.15, -0.1) is 6.58 Å². The van der Waals surface area contributed by atoms with E-state index in [1.165, 1.54) is 0 Å². The van der Waals surface area contributed by atoms with Crippen LogP contribution in [0.3, 0.4) is 0 Å². The van der Waals surface area contributed by atoms with Gasteiger partial charge < -0.3 is 10.1 Å². The third kappa shape index (κ3) is 7.51. The van der Waals surface area contributed by atoms with Crippen molar-refractivity contribution in [2.24, 2.45) is 0 Å². The van der Waals surface area contributed by atoms with Crippen LogP contribution in [0.5, 0.6) is 0 Å². The van der Waals surface area contributed by atoms with Crippen molar-refractivity contribution in [3.63, 3.8) is 0 Å². The molecule has 0 radical (unpaired) electrons. The molecule has 0 spiro atoms. The maximum Gasteiger partial charge on any atom is 0.228 e. The number of rotatable bonds is 8. The number of hydrogen-bond acceptors (Lipinski definition) is 2. The normalized spacial score (nSPS) is 11.9. The van der Waals surface area contributed by atoms with Crippen molar-refractivity contribution in [2.75, 3.05) is 0 Å². The second kappa shape index (κ2) is 12.9. The number of allylic oxidation sites excluding steroid dienone is 1. The molecule has 0 bridgehead atoms. The molecule has 3 heteroatoms. The van der Waals surface area contributed by atoms with Gasteiger partial charge in [-0.3, -0.25) is 4.79 Å². The van der Waals surface area contributed by atoms with Crippen LogP contribution in [-0.4, -0.2) is 18.2 Å². The molecule has 0 aliphatic heterocycles. The molecule has 3 nitrogen and oxygen atoms in total. The van der Waals surface area contributed by atoms with Crippen LogP contribution in [-0.2, 0) is 22.4 Å². The second-order valence-electron chi connectivity index (χ2n) is 7.00. The number of nitrogens with one attached hydrogen (secondary N) is 1. The van der Waals surface area contributed by atoms with E-state index < -0.39 is 6.04 Å². The molecule has 0 heterocycles. The fourth-order valence-corrected chi connectivity index (χ4v) is 3.18. The van der Waals surface area contributed by atoms with E-state index in [-0.39, 0.29) is 11.8 Å². The summed E-state index contributed by atoms with van der Waals surface area (Å²) < 4.78 is 0. The molecule has 3 aromatic rings. The largest absolute Gasteiger partial charge is 0.346 e. The van der Waals surface area contributed by atoms with Gasteiger partial charge in [0, 0.05) is 0 Å². The van der Waals surface area contributed by atoms with E-state index in [1.54, 1.807) is 6.08 Å². The molecule has 30 heavy (non-hydrogen) atoms. The van der Waals surface area contributed by atoms with Crippen molar-refractivity contribution < 1.29 is 9.59 Å². The zero-order chi connectivity index (χ0) is 21.6. The van der Waals surface area contributed by atoms with Gasteiger partial charge in [-0.1, -0.05) is 97.1 Å². The summed E-state index contributed by atoms with van der Waals surface area (Å²) in [4.78, 5) is 24.6. The molecule has 0 aliphatic carbocycles. The van der Waals surface area contributed by atoms with Gasteiger partial charge in [0.1, 0.15) is 6.29 Å². The maximum atomic E-state index is 13.0. The first-order valence-electron chi connectivity index (χ1n) is 10.1. The molecule has 154 valence electrons. The quantitative estimate of drug-likeness (QED) is 0.421. The lowest BCUT2D eigenvalue weighted by atomic mass is 9.90. The SMILES string of the molecule is C=CC.O=C[C@H](Cc1ccccc1)NC(=O)C(Cc1ccccc1)c1ccccc1. The Hall–Kier alpha value is -3.46. The van der Waals surface area contributed by atoms with E-state index in [9.17, 15) is 9.59 Å². The lowest BCUT2D eigenvalue weighted by Gasteiger charge is -2.20. The smallest absolute Gasteiger partial charge is 0.228 e. The van der Waals surface area contributed by atoms with E-state index in [2.05, 4.69) is 11.9 Å². The van der Waals surface area contributed by atoms with Crippen LogP contribution in [0.25, 0.3) is 0 Å². The number of benzene rings is 3. The molecule has 1 N–H and O–H groups in total. The first kappa shape index (κ1) is 22.8. The van der Waals surface area contributed by atoms with Gasteiger partial charge in [0.25, 0.3) is 0 Å². The van der Waals surface area contributed by atoms with Crippen LogP contribution in [0.15, 0.2) is 104 Å². The Kier molecular flexibility index (Phi) is 9.81. The summed E-state index contributed by atoms with van der Waals surface area (Å²) >= 11 is 0. The number of aldehydes is 1. The lowest BCUT2D eigenvalue weighted by Crippen LogP contribution is -2.41. The maximum absolute atomic E-state index is 13.0. The molecule has 1 unspecified atom stereocenters. The summed E-state index contributed by atoms with van der Waals surface area (Å²) in [6.45, 7) is 5.25. The highest BCUT2D eigenvalue weighted by Crippen LogP contribution is 2.21. The van der Waals surface area contributed by atoms with Crippen LogP contribution in [0.1, 0.15) is 29.5 Å². The second-order valence-corrected chi connectivity index (χ2v) is 7.00. The average Bonchev–Trinajstić information content (AvgIpc) is 2.79. The van der Waals surface area contributed by atoms with Crippen molar-refractivity contribution in [3.05, 3.63) is 120 Å². The minimum absolute atomic E-state index is 0.127. The number of carbonyl (C=O) groups excluding carboxylic acids is 2. The molecular weight excluding hydrogens is 370 g/mol. The highest BCUT2D eigenvalue weighted by molar-refractivity contribution is 5.86. The number of carbonyl (C=O) groups is 2. The summed E-state index contributed by atoms with van der Waals surface area (Å²) in [6, 6.07) is 28.8. The Morgan fingerprint density at radius 2 is 1.27 bits per heavy atom. The fraction of sp³-hybridized carbons (Fsp3) is 0.185. The van der Waals surface area contributed by atoms with Crippen molar-refractivity contribution >= 4 is 12.2 Å². The Bertz CT molecular complexity index is 892. The summed E-state index contributed by atoms with van der Waals surface area (Å²) in [6.07, 6.45) is 3.64. The minimum atomic E-state index is -0.540. The molecule has 0 fully saturated rings. The highest BCUT2D eigenvalue weighted by Gasteiger charge is 2.23. The van der Waals surface area contributed by atoms with E-state index in [4.69, 9.17) is 0 Å². The van der Waals surface area contributed by atoms with Crippen molar-refractivity contribution in [1.82, 2.24) is 5.32 Å². The summed E-state index contributed by atoms with van der Waals surface area (Å²) in [5.74, 6) is -0.468. The van der Waals surface area contributed by atoms with Crippen molar-refractivity contribution in [2.45, 2.75) is 31.7 Å². The first-order chi connectivity index (χ1) is 14.7. The van der Waals surface area contributed by atoms with Crippen LogP contribution in [0.4, 0.5) is 0 Å². The average molecular weight is 400 g/mol. The zero-order valence-corrected chi connectivity index (χ0v) is 17.4. The van der Waals surface area contributed by atoms with Crippen LogP contribution < -0.4 is 5.32 Å². The minimum Gasteiger partial charge on any atom is -0.346 e. The third-order valence-electron chi connectivity index (χ3n) is 4.59.